The van der Waals surface area contributed by atoms with Crippen molar-refractivity contribution in [1.29, 1.82) is 0 Å². The van der Waals surface area contributed by atoms with Crippen LogP contribution in [0.15, 0.2) is 42.5 Å². The molecule has 0 saturated carbocycles. The van der Waals surface area contributed by atoms with E-state index in [1.807, 2.05) is 0 Å². The normalized spacial score (nSPS) is 11.2. The van der Waals surface area contributed by atoms with E-state index in [4.69, 9.17) is 0 Å². The standard InChI is InChI=1S/C16H22Si/c1-3-12-17(13-4-2)16-11-7-9-14-8-5-6-10-15(14)16/h5-11,17H,3-4,12-13H2,1-2H3. The monoisotopic (exact) mass is 242 g/mol. The fraction of sp³-hybridized carbons (Fsp3) is 0.375. The second-order valence-corrected chi connectivity index (χ2v) is 8.01. The van der Waals surface area contributed by atoms with Crippen LogP contribution in [0.4, 0.5) is 0 Å². The molecule has 0 unspecified atom stereocenters. The zero-order valence-electron chi connectivity index (χ0n) is 10.9. The molecule has 2 rings (SSSR count). The predicted molar refractivity (Wildman–Crippen MR) is 80.9 cm³/mol. The first-order valence-corrected chi connectivity index (χ1v) is 9.05. The van der Waals surface area contributed by atoms with Gasteiger partial charge in [-0.2, -0.15) is 0 Å². The van der Waals surface area contributed by atoms with Gasteiger partial charge in [-0.05, 0) is 10.8 Å². The molecular formula is C16H22Si. The Labute approximate surface area is 106 Å². The second-order valence-electron chi connectivity index (χ2n) is 4.84. The Morgan fingerprint density at radius 2 is 1.47 bits per heavy atom. The summed E-state index contributed by atoms with van der Waals surface area (Å²) in [6.07, 6.45) is 2.67. The van der Waals surface area contributed by atoms with Crippen molar-refractivity contribution in [3.63, 3.8) is 0 Å². The fourth-order valence-electron chi connectivity index (χ4n) is 2.76. The van der Waals surface area contributed by atoms with Gasteiger partial charge in [0.05, 0.1) is 8.80 Å². The molecule has 0 aliphatic rings. The predicted octanol–water partition coefficient (Wildman–Crippen LogP) is 4.09. The van der Waals surface area contributed by atoms with Crippen molar-refractivity contribution in [2.75, 3.05) is 0 Å². The summed E-state index contributed by atoms with van der Waals surface area (Å²) >= 11 is 0. The van der Waals surface area contributed by atoms with Crippen LogP contribution in [0.3, 0.4) is 0 Å². The second kappa shape index (κ2) is 6.01. The Morgan fingerprint density at radius 1 is 0.824 bits per heavy atom. The molecule has 0 N–H and O–H groups in total. The lowest BCUT2D eigenvalue weighted by Crippen LogP contribution is -2.29. The van der Waals surface area contributed by atoms with E-state index in [1.165, 1.54) is 35.7 Å². The lowest BCUT2D eigenvalue weighted by Gasteiger charge is -2.16. The maximum Gasteiger partial charge on any atom is 0.0716 e. The van der Waals surface area contributed by atoms with Crippen molar-refractivity contribution in [2.45, 2.75) is 38.8 Å². The molecule has 1 heteroatoms. The van der Waals surface area contributed by atoms with Crippen LogP contribution in [0.5, 0.6) is 0 Å². The van der Waals surface area contributed by atoms with Gasteiger partial charge in [0.15, 0.2) is 0 Å². The van der Waals surface area contributed by atoms with Crippen LogP contribution in [-0.4, -0.2) is 8.80 Å². The Hall–Kier alpha value is -1.08. The van der Waals surface area contributed by atoms with E-state index in [1.54, 1.807) is 5.19 Å². The smallest absolute Gasteiger partial charge is 0.0656 e. The van der Waals surface area contributed by atoms with Crippen molar-refractivity contribution in [1.82, 2.24) is 0 Å². The van der Waals surface area contributed by atoms with Gasteiger partial charge in [-0.1, -0.05) is 86.4 Å². The molecular weight excluding hydrogens is 220 g/mol. The van der Waals surface area contributed by atoms with Crippen LogP contribution in [-0.2, 0) is 0 Å². The van der Waals surface area contributed by atoms with Crippen LogP contribution in [0.1, 0.15) is 26.7 Å². The Balaban J connectivity index is 2.44. The zero-order valence-corrected chi connectivity index (χ0v) is 12.1. The quantitative estimate of drug-likeness (QED) is 0.693. The number of rotatable bonds is 5. The average Bonchev–Trinajstić information content (AvgIpc) is 2.38. The van der Waals surface area contributed by atoms with Crippen LogP contribution >= 0.6 is 0 Å². The van der Waals surface area contributed by atoms with Crippen molar-refractivity contribution in [3.05, 3.63) is 42.5 Å². The minimum absolute atomic E-state index is 0.742. The molecule has 0 fully saturated rings. The van der Waals surface area contributed by atoms with Gasteiger partial charge in [-0.15, -0.1) is 0 Å². The molecule has 2 aromatic rings. The highest BCUT2D eigenvalue weighted by molar-refractivity contribution is 6.75. The third kappa shape index (κ3) is 2.78. The maximum atomic E-state index is 2.38. The van der Waals surface area contributed by atoms with E-state index in [2.05, 4.69) is 56.3 Å². The summed E-state index contributed by atoms with van der Waals surface area (Å²) in [4.78, 5) is 0. The summed E-state index contributed by atoms with van der Waals surface area (Å²) in [5.41, 5.74) is 0. The summed E-state index contributed by atoms with van der Waals surface area (Å²) in [7, 11) is -0.742. The van der Waals surface area contributed by atoms with E-state index in [0.717, 1.165) is 0 Å². The zero-order chi connectivity index (χ0) is 12.1. The molecule has 0 amide bonds. The molecule has 2 aromatic carbocycles. The molecule has 0 aliphatic heterocycles. The van der Waals surface area contributed by atoms with E-state index in [9.17, 15) is 0 Å². The number of benzene rings is 2. The van der Waals surface area contributed by atoms with E-state index in [0.29, 0.717) is 0 Å². The summed E-state index contributed by atoms with van der Waals surface area (Å²) < 4.78 is 0. The first-order chi connectivity index (χ1) is 8.36. The summed E-state index contributed by atoms with van der Waals surface area (Å²) in [5, 5.41) is 4.61. The molecule has 0 saturated heterocycles. The molecule has 0 bridgehead atoms. The van der Waals surface area contributed by atoms with Gasteiger partial charge in [0, 0.05) is 0 Å². The Bertz CT molecular complexity index is 464. The fourth-order valence-corrected chi connectivity index (χ4v) is 6.15. The van der Waals surface area contributed by atoms with Gasteiger partial charge >= 0.3 is 0 Å². The van der Waals surface area contributed by atoms with Crippen molar-refractivity contribution in [2.24, 2.45) is 0 Å². The van der Waals surface area contributed by atoms with E-state index >= 15 is 0 Å². The number of fused-ring (bicyclic) bond motifs is 1. The minimum atomic E-state index is -0.742. The van der Waals surface area contributed by atoms with Gasteiger partial charge in [0.2, 0.25) is 0 Å². The largest absolute Gasteiger partial charge is 0.0716 e. The van der Waals surface area contributed by atoms with Gasteiger partial charge in [0.1, 0.15) is 0 Å². The molecule has 0 nitrogen and oxygen atoms in total. The van der Waals surface area contributed by atoms with Crippen molar-refractivity contribution < 1.29 is 0 Å². The molecule has 0 radical (unpaired) electrons. The van der Waals surface area contributed by atoms with Crippen LogP contribution in [0, 0.1) is 0 Å². The van der Waals surface area contributed by atoms with Crippen LogP contribution in [0.2, 0.25) is 12.1 Å². The Kier molecular flexibility index (Phi) is 4.38. The van der Waals surface area contributed by atoms with Crippen molar-refractivity contribution in [3.8, 4) is 0 Å². The lowest BCUT2D eigenvalue weighted by molar-refractivity contribution is 1.01. The summed E-state index contributed by atoms with van der Waals surface area (Å²) in [5.74, 6) is 0. The maximum absolute atomic E-state index is 2.38. The molecule has 0 heterocycles. The molecule has 17 heavy (non-hydrogen) atoms. The highest BCUT2D eigenvalue weighted by Crippen LogP contribution is 2.15. The highest BCUT2D eigenvalue weighted by Gasteiger charge is 2.13. The lowest BCUT2D eigenvalue weighted by atomic mass is 10.1. The average molecular weight is 242 g/mol. The summed E-state index contributed by atoms with van der Waals surface area (Å²) in [6.45, 7) is 4.64. The third-order valence-corrected chi connectivity index (χ3v) is 7.47. The van der Waals surface area contributed by atoms with Crippen molar-refractivity contribution >= 4 is 24.8 Å². The number of hydrogen-bond donors (Lipinski definition) is 0. The SMILES string of the molecule is CCC[SiH](CCC)c1cccc2ccccc12. The summed E-state index contributed by atoms with van der Waals surface area (Å²) in [6, 6.07) is 18.6. The third-order valence-electron chi connectivity index (χ3n) is 3.54. The number of hydrogen-bond acceptors (Lipinski definition) is 0. The topological polar surface area (TPSA) is 0 Å². The molecule has 0 aromatic heterocycles. The Morgan fingerprint density at radius 3 is 2.18 bits per heavy atom. The molecule has 0 spiro atoms. The first kappa shape index (κ1) is 12.4. The van der Waals surface area contributed by atoms with E-state index < -0.39 is 8.80 Å². The van der Waals surface area contributed by atoms with Gasteiger partial charge in [-0.3, -0.25) is 0 Å². The van der Waals surface area contributed by atoms with Crippen LogP contribution < -0.4 is 5.19 Å². The first-order valence-electron chi connectivity index (χ1n) is 6.84. The van der Waals surface area contributed by atoms with Gasteiger partial charge in [0.25, 0.3) is 0 Å². The van der Waals surface area contributed by atoms with E-state index in [-0.39, 0.29) is 0 Å². The molecule has 90 valence electrons. The molecule has 0 aliphatic carbocycles. The van der Waals surface area contributed by atoms with Crippen LogP contribution in [0.25, 0.3) is 10.8 Å². The molecule has 0 atom stereocenters. The van der Waals surface area contributed by atoms with Gasteiger partial charge in [-0.25, -0.2) is 0 Å². The minimum Gasteiger partial charge on any atom is -0.0656 e. The highest BCUT2D eigenvalue weighted by atomic mass is 28.3. The van der Waals surface area contributed by atoms with Gasteiger partial charge < -0.3 is 0 Å².